The van der Waals surface area contributed by atoms with Crippen LogP contribution >= 0.6 is 0 Å². The summed E-state index contributed by atoms with van der Waals surface area (Å²) >= 11 is 0. The molecule has 0 bridgehead atoms. The van der Waals surface area contributed by atoms with Crippen molar-refractivity contribution in [3.63, 3.8) is 0 Å². The molecule has 1 aromatic rings. The lowest BCUT2D eigenvalue weighted by Crippen LogP contribution is -2.55. The molecule has 104 valence electrons. The van der Waals surface area contributed by atoms with Crippen molar-refractivity contribution < 1.29 is 24.1 Å². The van der Waals surface area contributed by atoms with Gasteiger partial charge in [0, 0.05) is 19.1 Å². The summed E-state index contributed by atoms with van der Waals surface area (Å²) in [6, 6.07) is 9.70. The van der Waals surface area contributed by atoms with E-state index in [1.165, 1.54) is 0 Å². The van der Waals surface area contributed by atoms with Gasteiger partial charge in [-0.05, 0) is 0 Å². The van der Waals surface area contributed by atoms with E-state index in [2.05, 4.69) is 0 Å². The van der Waals surface area contributed by atoms with Crippen molar-refractivity contribution in [3.8, 4) is 0 Å². The van der Waals surface area contributed by atoms with Crippen LogP contribution in [0.25, 0.3) is 0 Å². The van der Waals surface area contributed by atoms with Crippen LogP contribution in [-0.4, -0.2) is 43.4 Å². The van der Waals surface area contributed by atoms with Gasteiger partial charge in [0.1, 0.15) is 12.2 Å². The summed E-state index contributed by atoms with van der Waals surface area (Å²) in [4.78, 5) is 0. The molecule has 0 radical (unpaired) electrons. The van der Waals surface area contributed by atoms with Crippen molar-refractivity contribution in [2.45, 2.75) is 37.3 Å². The number of fused-ring (bicyclic) bond motifs is 1. The number of hydrogen-bond acceptors (Lipinski definition) is 5. The summed E-state index contributed by atoms with van der Waals surface area (Å²) in [5.41, 5.74) is 0.946. The molecule has 0 spiro atoms. The van der Waals surface area contributed by atoms with Gasteiger partial charge >= 0.3 is 0 Å². The molecule has 2 aliphatic heterocycles. The fourth-order valence-corrected chi connectivity index (χ4v) is 2.52. The van der Waals surface area contributed by atoms with Gasteiger partial charge < -0.3 is 24.1 Å². The Hall–Kier alpha value is -0.980. The van der Waals surface area contributed by atoms with Crippen LogP contribution in [0.5, 0.6) is 0 Å². The first-order valence-electron chi connectivity index (χ1n) is 6.46. The van der Waals surface area contributed by atoms with E-state index in [4.69, 9.17) is 18.9 Å². The topological polar surface area (TPSA) is 57.2 Å². The molecule has 5 nitrogen and oxygen atoms in total. The number of methoxy groups -OCH3 is 1. The van der Waals surface area contributed by atoms with Gasteiger partial charge in [-0.3, -0.25) is 0 Å². The monoisotopic (exact) mass is 266 g/mol. The van der Waals surface area contributed by atoms with E-state index in [1.54, 1.807) is 7.11 Å². The molecule has 0 amide bonds. The van der Waals surface area contributed by atoms with Crippen LogP contribution in [0.15, 0.2) is 30.3 Å². The lowest BCUT2D eigenvalue weighted by molar-refractivity contribution is -0.334. The molecule has 0 aliphatic carbocycles. The summed E-state index contributed by atoms with van der Waals surface area (Å²) < 4.78 is 22.3. The van der Waals surface area contributed by atoms with E-state index in [0.29, 0.717) is 13.0 Å². The Kier molecular flexibility index (Phi) is 3.81. The van der Waals surface area contributed by atoms with Gasteiger partial charge in [0.2, 0.25) is 0 Å². The van der Waals surface area contributed by atoms with Crippen LogP contribution in [0.4, 0.5) is 0 Å². The van der Waals surface area contributed by atoms with Gasteiger partial charge in [-0.1, -0.05) is 30.3 Å². The quantitative estimate of drug-likeness (QED) is 0.872. The maximum absolute atomic E-state index is 10.1. The van der Waals surface area contributed by atoms with E-state index < -0.39 is 18.7 Å². The molecule has 2 saturated heterocycles. The Morgan fingerprint density at radius 3 is 2.74 bits per heavy atom. The van der Waals surface area contributed by atoms with Crippen molar-refractivity contribution in [2.24, 2.45) is 0 Å². The highest BCUT2D eigenvalue weighted by atomic mass is 16.7. The second kappa shape index (κ2) is 5.56. The predicted molar refractivity (Wildman–Crippen MR) is 66.3 cm³/mol. The third kappa shape index (κ3) is 2.66. The van der Waals surface area contributed by atoms with Gasteiger partial charge in [0.25, 0.3) is 0 Å². The largest absolute Gasteiger partial charge is 0.390 e. The average molecular weight is 266 g/mol. The summed E-state index contributed by atoms with van der Waals surface area (Å²) in [6.45, 7) is 0.390. The summed E-state index contributed by atoms with van der Waals surface area (Å²) in [5.74, 6) is 0. The number of benzene rings is 1. The van der Waals surface area contributed by atoms with E-state index in [0.717, 1.165) is 5.56 Å². The van der Waals surface area contributed by atoms with Gasteiger partial charge in [-0.15, -0.1) is 0 Å². The minimum Gasteiger partial charge on any atom is -0.390 e. The van der Waals surface area contributed by atoms with E-state index >= 15 is 0 Å². The lowest BCUT2D eigenvalue weighted by atomic mass is 10.0. The Bertz CT molecular complexity index is 410. The maximum Gasteiger partial charge on any atom is 0.184 e. The molecular formula is C14H18O5. The van der Waals surface area contributed by atoms with Crippen LogP contribution in [-0.2, 0) is 18.9 Å². The number of aliphatic hydroxyl groups excluding tert-OH is 1. The van der Waals surface area contributed by atoms with Crippen LogP contribution in [0.2, 0.25) is 0 Å². The summed E-state index contributed by atoms with van der Waals surface area (Å²) in [5, 5.41) is 10.1. The third-order valence-electron chi connectivity index (χ3n) is 3.53. The van der Waals surface area contributed by atoms with Gasteiger partial charge in [0.05, 0.1) is 12.7 Å². The number of ether oxygens (including phenoxy) is 4. The zero-order valence-corrected chi connectivity index (χ0v) is 10.8. The standard InChI is InChI=1S/C14H18O5/c1-16-12-7-10(15)13-11(18-12)8-17-14(19-13)9-5-3-2-4-6-9/h2-6,10-15H,7-8H2,1H3/t10-,11+,12+,13-,14?/m0/s1. The molecule has 19 heavy (non-hydrogen) atoms. The van der Waals surface area contributed by atoms with Crippen LogP contribution in [0.1, 0.15) is 18.3 Å². The van der Waals surface area contributed by atoms with Crippen molar-refractivity contribution >= 4 is 0 Å². The number of aliphatic hydroxyl groups is 1. The molecule has 2 fully saturated rings. The first-order chi connectivity index (χ1) is 9.28. The summed E-state index contributed by atoms with van der Waals surface area (Å²) in [7, 11) is 1.56. The Morgan fingerprint density at radius 1 is 1.21 bits per heavy atom. The van der Waals surface area contributed by atoms with Crippen LogP contribution in [0.3, 0.4) is 0 Å². The second-order valence-corrected chi connectivity index (χ2v) is 4.82. The first-order valence-corrected chi connectivity index (χ1v) is 6.46. The molecule has 0 aromatic heterocycles. The first kappa shape index (κ1) is 13.0. The fourth-order valence-electron chi connectivity index (χ4n) is 2.52. The minimum atomic E-state index is -0.598. The molecule has 0 saturated carbocycles. The molecule has 2 aliphatic rings. The maximum atomic E-state index is 10.1. The van der Waals surface area contributed by atoms with E-state index in [-0.39, 0.29) is 12.2 Å². The van der Waals surface area contributed by atoms with Crippen molar-refractivity contribution in [1.82, 2.24) is 0 Å². The molecule has 1 N–H and O–H groups in total. The normalized spacial score (nSPS) is 38.7. The molecular weight excluding hydrogens is 248 g/mol. The van der Waals surface area contributed by atoms with Gasteiger partial charge in [0.15, 0.2) is 12.6 Å². The Balaban J connectivity index is 1.70. The lowest BCUT2D eigenvalue weighted by Gasteiger charge is -2.43. The van der Waals surface area contributed by atoms with E-state index in [1.807, 2.05) is 30.3 Å². The van der Waals surface area contributed by atoms with Gasteiger partial charge in [-0.25, -0.2) is 0 Å². The van der Waals surface area contributed by atoms with Crippen LogP contribution < -0.4 is 0 Å². The molecule has 1 aromatic carbocycles. The van der Waals surface area contributed by atoms with Crippen molar-refractivity contribution in [3.05, 3.63) is 35.9 Å². The average Bonchev–Trinajstić information content (AvgIpc) is 2.47. The van der Waals surface area contributed by atoms with E-state index in [9.17, 15) is 5.11 Å². The zero-order valence-electron chi connectivity index (χ0n) is 10.8. The summed E-state index contributed by atoms with van der Waals surface area (Å²) in [6.07, 6.45) is -1.67. The van der Waals surface area contributed by atoms with Crippen LogP contribution in [0, 0.1) is 0 Å². The van der Waals surface area contributed by atoms with Crippen molar-refractivity contribution in [1.29, 1.82) is 0 Å². The Labute approximate surface area is 112 Å². The SMILES string of the molecule is CO[C@H]1C[C@H](O)[C@@H]2OC(c3ccccc3)OC[C@H]2O1. The number of rotatable bonds is 2. The molecule has 5 heteroatoms. The highest BCUT2D eigenvalue weighted by Gasteiger charge is 2.43. The number of hydrogen-bond donors (Lipinski definition) is 1. The molecule has 2 heterocycles. The highest BCUT2D eigenvalue weighted by molar-refractivity contribution is 5.16. The van der Waals surface area contributed by atoms with Crippen molar-refractivity contribution in [2.75, 3.05) is 13.7 Å². The molecule has 5 atom stereocenters. The fraction of sp³-hybridized carbons (Fsp3) is 0.571. The Morgan fingerprint density at radius 2 is 2.00 bits per heavy atom. The highest BCUT2D eigenvalue weighted by Crippen LogP contribution is 2.33. The second-order valence-electron chi connectivity index (χ2n) is 4.82. The minimum absolute atomic E-state index is 0.284. The predicted octanol–water partition coefficient (Wildman–Crippen LogP) is 1.22. The smallest absolute Gasteiger partial charge is 0.184 e. The zero-order chi connectivity index (χ0) is 13.2. The van der Waals surface area contributed by atoms with Gasteiger partial charge in [-0.2, -0.15) is 0 Å². The molecule has 3 rings (SSSR count). The third-order valence-corrected chi connectivity index (χ3v) is 3.53. The molecule has 1 unspecified atom stereocenters.